The number of aromatic nitrogens is 1. The minimum Gasteiger partial charge on any atom is -0.471 e. The minimum atomic E-state index is -3.13. The predicted molar refractivity (Wildman–Crippen MR) is 87.3 cm³/mol. The fourth-order valence-electron chi connectivity index (χ4n) is 1.70. The molecule has 25 heavy (non-hydrogen) atoms. The first-order valence-corrected chi connectivity index (χ1v) is 7.08. The third-order valence-corrected chi connectivity index (χ3v) is 2.91. The molecular weight excluding hydrogens is 337 g/mol. The van der Waals surface area contributed by atoms with Gasteiger partial charge in [-0.05, 0) is 24.6 Å². The van der Waals surface area contributed by atoms with Crippen molar-refractivity contribution in [1.82, 2.24) is 4.98 Å². The molecule has 0 bridgehead atoms. The monoisotopic (exact) mass is 352 g/mol. The molecule has 0 spiro atoms. The van der Waals surface area contributed by atoms with Gasteiger partial charge in [0.25, 0.3) is 0 Å². The zero-order valence-electron chi connectivity index (χ0n) is 13.2. The SMILES string of the molecule is Cc1ccc(OCC(C=Nc2ccc(F)c(OC(F)F)c2)=NN)nc1. The first-order valence-electron chi connectivity index (χ1n) is 7.08. The molecule has 2 aromatic rings. The minimum absolute atomic E-state index is 0.00233. The van der Waals surface area contributed by atoms with Crippen LogP contribution in [0.2, 0.25) is 0 Å². The molecule has 0 unspecified atom stereocenters. The van der Waals surface area contributed by atoms with Gasteiger partial charge in [0.1, 0.15) is 12.3 Å². The number of hydrogen-bond acceptors (Lipinski definition) is 6. The lowest BCUT2D eigenvalue weighted by molar-refractivity contribution is -0.0521. The summed E-state index contributed by atoms with van der Waals surface area (Å²) in [5.41, 5.74) is 1.44. The van der Waals surface area contributed by atoms with Crippen LogP contribution < -0.4 is 15.3 Å². The van der Waals surface area contributed by atoms with Crippen LogP contribution in [0.1, 0.15) is 5.56 Å². The van der Waals surface area contributed by atoms with Crippen LogP contribution in [-0.2, 0) is 0 Å². The maximum Gasteiger partial charge on any atom is 0.387 e. The average molecular weight is 352 g/mol. The molecule has 9 heteroatoms. The van der Waals surface area contributed by atoms with Gasteiger partial charge >= 0.3 is 6.61 Å². The molecule has 0 amide bonds. The van der Waals surface area contributed by atoms with E-state index in [0.29, 0.717) is 5.88 Å². The van der Waals surface area contributed by atoms with Gasteiger partial charge in [-0.2, -0.15) is 13.9 Å². The second-order valence-electron chi connectivity index (χ2n) is 4.83. The van der Waals surface area contributed by atoms with E-state index in [1.807, 2.05) is 13.0 Å². The molecule has 0 atom stereocenters. The van der Waals surface area contributed by atoms with E-state index in [0.717, 1.165) is 17.7 Å². The summed E-state index contributed by atoms with van der Waals surface area (Å²) in [4.78, 5) is 8.05. The zero-order chi connectivity index (χ0) is 18.2. The van der Waals surface area contributed by atoms with Gasteiger partial charge in [0, 0.05) is 18.3 Å². The third-order valence-electron chi connectivity index (χ3n) is 2.91. The van der Waals surface area contributed by atoms with Crippen LogP contribution >= 0.6 is 0 Å². The molecule has 2 rings (SSSR count). The Hall–Kier alpha value is -3.10. The topological polar surface area (TPSA) is 82.1 Å². The second kappa shape index (κ2) is 8.67. The lowest BCUT2D eigenvalue weighted by Crippen LogP contribution is -2.15. The fourth-order valence-corrected chi connectivity index (χ4v) is 1.70. The Morgan fingerprint density at radius 3 is 2.76 bits per heavy atom. The van der Waals surface area contributed by atoms with E-state index in [-0.39, 0.29) is 18.0 Å². The van der Waals surface area contributed by atoms with Crippen molar-refractivity contribution in [3.05, 3.63) is 47.9 Å². The first-order chi connectivity index (χ1) is 12.0. The number of nitrogens with zero attached hydrogens (tertiary/aromatic N) is 3. The third kappa shape index (κ3) is 5.79. The number of rotatable bonds is 7. The maximum atomic E-state index is 13.4. The number of aliphatic imine (C=N–C) groups is 1. The summed E-state index contributed by atoms with van der Waals surface area (Å²) in [5.74, 6) is 4.12. The van der Waals surface area contributed by atoms with Crippen molar-refractivity contribution in [2.24, 2.45) is 15.9 Å². The number of ether oxygens (including phenoxy) is 2. The largest absolute Gasteiger partial charge is 0.471 e. The highest BCUT2D eigenvalue weighted by molar-refractivity contribution is 6.31. The van der Waals surface area contributed by atoms with Crippen LogP contribution in [0.25, 0.3) is 0 Å². The van der Waals surface area contributed by atoms with Gasteiger partial charge in [0.05, 0.1) is 11.9 Å². The van der Waals surface area contributed by atoms with Gasteiger partial charge < -0.3 is 15.3 Å². The molecule has 1 aromatic heterocycles. The van der Waals surface area contributed by atoms with Crippen molar-refractivity contribution in [2.75, 3.05) is 6.61 Å². The van der Waals surface area contributed by atoms with E-state index in [1.54, 1.807) is 12.3 Å². The van der Waals surface area contributed by atoms with Crippen molar-refractivity contribution >= 4 is 17.6 Å². The Balaban J connectivity index is 2.02. The van der Waals surface area contributed by atoms with E-state index in [4.69, 9.17) is 10.6 Å². The Morgan fingerprint density at radius 2 is 2.12 bits per heavy atom. The van der Waals surface area contributed by atoms with Crippen LogP contribution in [0.3, 0.4) is 0 Å². The number of pyridine rings is 1. The van der Waals surface area contributed by atoms with Crippen LogP contribution in [0.15, 0.2) is 46.6 Å². The van der Waals surface area contributed by atoms with Crippen molar-refractivity contribution in [3.8, 4) is 11.6 Å². The molecule has 0 fully saturated rings. The molecule has 2 N–H and O–H groups in total. The summed E-state index contributed by atoms with van der Waals surface area (Å²) in [6.45, 7) is -1.24. The number of aryl methyl sites for hydroxylation is 1. The van der Waals surface area contributed by atoms with Crippen LogP contribution in [0.4, 0.5) is 18.9 Å². The molecule has 0 aliphatic rings. The van der Waals surface area contributed by atoms with Crippen molar-refractivity contribution in [1.29, 1.82) is 0 Å². The summed E-state index contributed by atoms with van der Waals surface area (Å²) in [7, 11) is 0. The molecule has 6 nitrogen and oxygen atoms in total. The van der Waals surface area contributed by atoms with Crippen LogP contribution in [0.5, 0.6) is 11.6 Å². The van der Waals surface area contributed by atoms with E-state index in [2.05, 4.69) is 19.8 Å². The summed E-state index contributed by atoms with van der Waals surface area (Å²) in [5, 5.41) is 3.51. The van der Waals surface area contributed by atoms with E-state index < -0.39 is 18.2 Å². The normalized spacial score (nSPS) is 12.0. The van der Waals surface area contributed by atoms with E-state index in [1.165, 1.54) is 12.3 Å². The Morgan fingerprint density at radius 1 is 1.32 bits per heavy atom. The van der Waals surface area contributed by atoms with Crippen molar-refractivity contribution < 1.29 is 22.6 Å². The molecule has 132 valence electrons. The predicted octanol–water partition coefficient (Wildman–Crippen LogP) is 3.23. The highest BCUT2D eigenvalue weighted by atomic mass is 19.3. The summed E-state index contributed by atoms with van der Waals surface area (Å²) in [6, 6.07) is 6.82. The smallest absolute Gasteiger partial charge is 0.387 e. The zero-order valence-corrected chi connectivity index (χ0v) is 13.2. The van der Waals surface area contributed by atoms with Gasteiger partial charge in [-0.25, -0.2) is 9.37 Å². The summed E-state index contributed by atoms with van der Waals surface area (Å²) >= 11 is 0. The molecule has 0 saturated carbocycles. The standard InChI is InChI=1S/C16H15F3N4O2/c1-10-2-5-15(22-7-10)24-9-12(23-20)8-21-11-3-4-13(17)14(6-11)25-16(18)19/h2-8,16H,9,20H2,1H3. The second-order valence-corrected chi connectivity index (χ2v) is 4.83. The number of halogens is 3. The van der Waals surface area contributed by atoms with Gasteiger partial charge in [-0.1, -0.05) is 6.07 Å². The molecular formula is C16H15F3N4O2. The van der Waals surface area contributed by atoms with Gasteiger partial charge in [-0.3, -0.25) is 4.99 Å². The molecule has 1 aromatic carbocycles. The Bertz CT molecular complexity index is 764. The van der Waals surface area contributed by atoms with Gasteiger partial charge in [-0.15, -0.1) is 0 Å². The molecule has 0 saturated heterocycles. The van der Waals surface area contributed by atoms with E-state index in [9.17, 15) is 13.2 Å². The number of benzene rings is 1. The Labute approximate surface area is 141 Å². The lowest BCUT2D eigenvalue weighted by atomic mass is 10.3. The number of hydrogen-bond donors (Lipinski definition) is 1. The van der Waals surface area contributed by atoms with Gasteiger partial charge in [0.15, 0.2) is 11.6 Å². The molecule has 0 aliphatic heterocycles. The lowest BCUT2D eigenvalue weighted by Gasteiger charge is -2.06. The summed E-state index contributed by atoms with van der Waals surface area (Å²) < 4.78 is 47.2. The van der Waals surface area contributed by atoms with Crippen molar-refractivity contribution in [2.45, 2.75) is 13.5 Å². The highest BCUT2D eigenvalue weighted by Gasteiger charge is 2.10. The number of nitrogens with two attached hydrogens (primary N) is 1. The fraction of sp³-hybridized carbons (Fsp3) is 0.188. The molecule has 1 heterocycles. The quantitative estimate of drug-likeness (QED) is 0.471. The van der Waals surface area contributed by atoms with Crippen molar-refractivity contribution in [3.63, 3.8) is 0 Å². The first kappa shape index (κ1) is 18.2. The average Bonchev–Trinajstić information content (AvgIpc) is 2.59. The Kier molecular flexibility index (Phi) is 6.33. The number of alkyl halides is 2. The van der Waals surface area contributed by atoms with Gasteiger partial charge in [0.2, 0.25) is 5.88 Å². The molecule has 0 radical (unpaired) electrons. The van der Waals surface area contributed by atoms with Crippen LogP contribution in [0, 0.1) is 12.7 Å². The van der Waals surface area contributed by atoms with Crippen LogP contribution in [-0.4, -0.2) is 30.1 Å². The number of hydrazone groups is 1. The summed E-state index contributed by atoms with van der Waals surface area (Å²) in [6.07, 6.45) is 2.92. The maximum absolute atomic E-state index is 13.4. The van der Waals surface area contributed by atoms with E-state index >= 15 is 0 Å². The highest BCUT2D eigenvalue weighted by Crippen LogP contribution is 2.25. The molecule has 0 aliphatic carbocycles.